The van der Waals surface area contributed by atoms with E-state index >= 15 is 0 Å². The predicted octanol–water partition coefficient (Wildman–Crippen LogP) is 5.10. The van der Waals surface area contributed by atoms with Gasteiger partial charge in [-0.3, -0.25) is 0 Å². The zero-order valence-electron chi connectivity index (χ0n) is 20.3. The molecule has 0 aromatic heterocycles. The summed E-state index contributed by atoms with van der Waals surface area (Å²) in [5, 5.41) is 3.08. The van der Waals surface area contributed by atoms with Crippen molar-refractivity contribution in [3.63, 3.8) is 0 Å². The van der Waals surface area contributed by atoms with Crippen molar-refractivity contribution in [1.29, 1.82) is 0 Å². The molecule has 1 N–H and O–H groups in total. The zero-order valence-corrected chi connectivity index (χ0v) is 20.3. The summed E-state index contributed by atoms with van der Waals surface area (Å²) in [6.07, 6.45) is 0. The Balaban J connectivity index is 1.36. The number of amides is 2. The Morgan fingerprint density at radius 1 is 1.11 bits per heavy atom. The highest BCUT2D eigenvalue weighted by Crippen LogP contribution is 2.42. The number of ether oxygens (including phenoxy) is 2. The monoisotopic (exact) mass is 470 g/mol. The van der Waals surface area contributed by atoms with Crippen molar-refractivity contribution in [3.05, 3.63) is 83.4 Å². The summed E-state index contributed by atoms with van der Waals surface area (Å²) >= 11 is 0. The van der Waals surface area contributed by atoms with Crippen LogP contribution < -0.4 is 14.8 Å². The SMILES string of the molecule is COc1cccc2c1Oc1ccccc1N=C2N1CCN(C(=O)NCc2cccc(C)c2)[C@H](C)C1. The molecule has 2 amide bonds. The van der Waals surface area contributed by atoms with E-state index in [9.17, 15) is 4.79 Å². The van der Waals surface area contributed by atoms with E-state index in [1.165, 1.54) is 5.56 Å². The molecular formula is C28H30N4O3. The first-order valence-electron chi connectivity index (χ1n) is 11.9. The third kappa shape index (κ3) is 4.67. The zero-order chi connectivity index (χ0) is 24.4. The number of hydrogen-bond donors (Lipinski definition) is 1. The standard InChI is InChI=1S/C28H30N4O3/c1-19-8-6-9-21(16-19)17-29-28(33)32-15-14-31(18-20(32)2)27-22-10-7-13-25(34-3)26(22)35-24-12-5-4-11-23(24)30-27/h4-13,16,20H,14-15,17-18H2,1-3H3,(H,29,33)/t20-/m1/s1. The number of rotatable bonds is 3. The van der Waals surface area contributed by atoms with Crippen molar-refractivity contribution in [2.75, 3.05) is 26.7 Å². The Hall–Kier alpha value is -4.00. The van der Waals surface area contributed by atoms with E-state index in [0.717, 1.165) is 22.6 Å². The second-order valence-corrected chi connectivity index (χ2v) is 8.98. The maximum absolute atomic E-state index is 13.0. The van der Waals surface area contributed by atoms with Gasteiger partial charge in [-0.25, -0.2) is 9.79 Å². The number of nitrogens with one attached hydrogen (secondary N) is 1. The van der Waals surface area contributed by atoms with Crippen molar-refractivity contribution in [1.82, 2.24) is 15.1 Å². The third-order valence-electron chi connectivity index (χ3n) is 6.46. The van der Waals surface area contributed by atoms with Crippen molar-refractivity contribution < 1.29 is 14.3 Å². The van der Waals surface area contributed by atoms with Gasteiger partial charge in [0.1, 0.15) is 11.5 Å². The van der Waals surface area contributed by atoms with Gasteiger partial charge in [0.25, 0.3) is 0 Å². The molecule has 2 aliphatic heterocycles. The number of aliphatic imine (C=N–C) groups is 1. The minimum Gasteiger partial charge on any atom is -0.493 e. The lowest BCUT2D eigenvalue weighted by Gasteiger charge is -2.41. The molecular weight excluding hydrogens is 440 g/mol. The highest BCUT2D eigenvalue weighted by Gasteiger charge is 2.32. The van der Waals surface area contributed by atoms with Crippen LogP contribution in [0, 0.1) is 6.92 Å². The largest absolute Gasteiger partial charge is 0.493 e. The number of aryl methyl sites for hydroxylation is 1. The van der Waals surface area contributed by atoms with Crippen LogP contribution >= 0.6 is 0 Å². The van der Waals surface area contributed by atoms with E-state index in [4.69, 9.17) is 14.5 Å². The number of hydrogen-bond acceptors (Lipinski definition) is 5. The fourth-order valence-electron chi connectivity index (χ4n) is 4.67. The lowest BCUT2D eigenvalue weighted by molar-refractivity contribution is 0.134. The number of carbonyl (C=O) groups excluding carboxylic acids is 1. The quantitative estimate of drug-likeness (QED) is 0.578. The number of para-hydroxylation sites is 3. The number of benzene rings is 3. The Morgan fingerprint density at radius 2 is 1.94 bits per heavy atom. The van der Waals surface area contributed by atoms with Crippen LogP contribution in [0.3, 0.4) is 0 Å². The van der Waals surface area contributed by atoms with Gasteiger partial charge in [0.2, 0.25) is 0 Å². The number of piperazine rings is 1. The number of nitrogens with zero attached hydrogens (tertiary/aromatic N) is 3. The minimum atomic E-state index is -0.0443. The van der Waals surface area contributed by atoms with E-state index < -0.39 is 0 Å². The van der Waals surface area contributed by atoms with Crippen LogP contribution in [0.15, 0.2) is 71.7 Å². The van der Waals surface area contributed by atoms with E-state index in [0.29, 0.717) is 43.4 Å². The number of fused-ring (bicyclic) bond motifs is 2. The van der Waals surface area contributed by atoms with Gasteiger partial charge in [-0.1, -0.05) is 48.0 Å². The van der Waals surface area contributed by atoms with E-state index in [1.807, 2.05) is 59.5 Å². The molecule has 0 bridgehead atoms. The van der Waals surface area contributed by atoms with Crippen molar-refractivity contribution >= 4 is 17.6 Å². The molecule has 0 saturated carbocycles. The Bertz CT molecular complexity index is 1270. The first-order valence-corrected chi connectivity index (χ1v) is 11.9. The smallest absolute Gasteiger partial charge is 0.318 e. The second kappa shape index (κ2) is 9.70. The van der Waals surface area contributed by atoms with Gasteiger partial charge >= 0.3 is 6.03 Å². The van der Waals surface area contributed by atoms with Crippen LogP contribution in [-0.4, -0.2) is 54.5 Å². The van der Waals surface area contributed by atoms with Crippen molar-refractivity contribution in [2.45, 2.75) is 26.4 Å². The van der Waals surface area contributed by atoms with Crippen molar-refractivity contribution in [2.24, 2.45) is 4.99 Å². The number of amidine groups is 1. The minimum absolute atomic E-state index is 0.0115. The Morgan fingerprint density at radius 3 is 2.74 bits per heavy atom. The van der Waals surface area contributed by atoms with Gasteiger partial charge in [0.05, 0.1) is 12.7 Å². The summed E-state index contributed by atoms with van der Waals surface area (Å²) in [7, 11) is 1.64. The van der Waals surface area contributed by atoms with Gasteiger partial charge < -0.3 is 24.6 Å². The van der Waals surface area contributed by atoms with Gasteiger partial charge in [0.15, 0.2) is 17.2 Å². The Kier molecular flexibility index (Phi) is 6.31. The first kappa shape index (κ1) is 22.8. The second-order valence-electron chi connectivity index (χ2n) is 8.98. The van der Waals surface area contributed by atoms with Crippen molar-refractivity contribution in [3.8, 4) is 17.2 Å². The van der Waals surface area contributed by atoms with Gasteiger partial charge in [-0.2, -0.15) is 0 Å². The summed E-state index contributed by atoms with van der Waals surface area (Å²) in [6, 6.07) is 21.8. The van der Waals surface area contributed by atoms with E-state index in [1.54, 1.807) is 7.11 Å². The summed E-state index contributed by atoms with van der Waals surface area (Å²) in [5.41, 5.74) is 3.93. The molecule has 0 aliphatic carbocycles. The molecule has 180 valence electrons. The molecule has 2 heterocycles. The highest BCUT2D eigenvalue weighted by atomic mass is 16.5. The fourth-order valence-corrected chi connectivity index (χ4v) is 4.67. The fraction of sp³-hybridized carbons (Fsp3) is 0.286. The molecule has 0 unspecified atom stereocenters. The molecule has 0 spiro atoms. The third-order valence-corrected chi connectivity index (χ3v) is 6.46. The van der Waals surface area contributed by atoms with E-state index in [-0.39, 0.29) is 12.1 Å². The van der Waals surface area contributed by atoms with Gasteiger partial charge in [-0.05, 0) is 43.7 Å². The predicted molar refractivity (Wildman–Crippen MR) is 137 cm³/mol. The highest BCUT2D eigenvalue weighted by molar-refractivity contribution is 6.04. The van der Waals surface area contributed by atoms with Crippen LogP contribution in [0.5, 0.6) is 17.2 Å². The molecule has 1 fully saturated rings. The first-order chi connectivity index (χ1) is 17.0. The summed E-state index contributed by atoms with van der Waals surface area (Å²) in [5.74, 6) is 2.84. The van der Waals surface area contributed by atoms with Gasteiger partial charge in [-0.15, -0.1) is 0 Å². The molecule has 2 aliphatic rings. The number of carbonyl (C=O) groups is 1. The molecule has 35 heavy (non-hydrogen) atoms. The maximum Gasteiger partial charge on any atom is 0.318 e. The molecule has 3 aromatic carbocycles. The number of urea groups is 1. The van der Waals surface area contributed by atoms with E-state index in [2.05, 4.69) is 36.2 Å². The Labute approximate surface area is 206 Å². The maximum atomic E-state index is 13.0. The molecule has 3 aromatic rings. The topological polar surface area (TPSA) is 66.4 Å². The summed E-state index contributed by atoms with van der Waals surface area (Å²) < 4.78 is 11.9. The normalized spacial score (nSPS) is 16.9. The average molecular weight is 471 g/mol. The van der Waals surface area contributed by atoms with Crippen LogP contribution in [0.4, 0.5) is 10.5 Å². The molecule has 5 rings (SSSR count). The summed E-state index contributed by atoms with van der Waals surface area (Å²) in [4.78, 5) is 22.1. The van der Waals surface area contributed by atoms with Crippen LogP contribution in [0.1, 0.15) is 23.6 Å². The lowest BCUT2D eigenvalue weighted by atomic mass is 10.1. The number of methoxy groups -OCH3 is 1. The van der Waals surface area contributed by atoms with Crippen LogP contribution in [0.25, 0.3) is 0 Å². The summed E-state index contributed by atoms with van der Waals surface area (Å²) in [6.45, 7) is 6.57. The molecule has 1 saturated heterocycles. The molecule has 7 nitrogen and oxygen atoms in total. The van der Waals surface area contributed by atoms with Crippen LogP contribution in [-0.2, 0) is 6.54 Å². The van der Waals surface area contributed by atoms with Crippen LogP contribution in [0.2, 0.25) is 0 Å². The average Bonchev–Trinajstić information content (AvgIpc) is 3.04. The lowest BCUT2D eigenvalue weighted by Crippen LogP contribution is -2.57. The van der Waals surface area contributed by atoms with Gasteiger partial charge in [0, 0.05) is 32.2 Å². The molecule has 1 atom stereocenters. The molecule has 7 heteroatoms. The molecule has 0 radical (unpaired) electrons.